The summed E-state index contributed by atoms with van der Waals surface area (Å²) in [6.45, 7) is 5.73. The molecule has 0 spiro atoms. The molecule has 4 aliphatic rings. The highest BCUT2D eigenvalue weighted by molar-refractivity contribution is 6.01. The summed E-state index contributed by atoms with van der Waals surface area (Å²) in [7, 11) is 1.20. The van der Waals surface area contributed by atoms with Crippen LogP contribution in [0.25, 0.3) is 0 Å². The number of hydrogen-bond acceptors (Lipinski definition) is 7. The number of aliphatic hydroxyl groups excluding tert-OH is 1. The number of rotatable bonds is 4. The molecule has 0 radical (unpaired) electrons. The van der Waals surface area contributed by atoms with Crippen LogP contribution in [-0.2, 0) is 23.9 Å². The molecule has 7 heteroatoms. The summed E-state index contributed by atoms with van der Waals surface area (Å²) in [5.74, 6) is -3.03. The summed E-state index contributed by atoms with van der Waals surface area (Å²) >= 11 is 0. The van der Waals surface area contributed by atoms with E-state index in [9.17, 15) is 24.6 Å². The van der Waals surface area contributed by atoms with E-state index in [1.165, 1.54) is 7.11 Å². The number of allylic oxidation sites excluding steroid dienone is 4. The van der Waals surface area contributed by atoms with Gasteiger partial charge < -0.3 is 19.7 Å². The zero-order chi connectivity index (χ0) is 23.5. The van der Waals surface area contributed by atoms with Gasteiger partial charge in [0.15, 0.2) is 11.7 Å². The number of esters is 2. The molecule has 2 N–H and O–H groups in total. The van der Waals surface area contributed by atoms with Gasteiger partial charge >= 0.3 is 11.9 Å². The minimum atomic E-state index is -1.67. The van der Waals surface area contributed by atoms with Crippen LogP contribution in [0, 0.1) is 34.5 Å². The molecule has 7 nitrogen and oxygen atoms in total. The van der Waals surface area contributed by atoms with Gasteiger partial charge in [-0.1, -0.05) is 25.5 Å². The fourth-order valence-electron chi connectivity index (χ4n) is 7.67. The van der Waals surface area contributed by atoms with E-state index in [2.05, 4.69) is 6.92 Å². The first-order chi connectivity index (χ1) is 15.0. The lowest BCUT2D eigenvalue weighted by Crippen LogP contribution is -2.63. The number of carbonyl (C=O) groups is 3. The van der Waals surface area contributed by atoms with Gasteiger partial charge in [-0.2, -0.15) is 0 Å². The Morgan fingerprint density at radius 3 is 2.62 bits per heavy atom. The molecule has 176 valence electrons. The molecular weight excluding hydrogens is 412 g/mol. The van der Waals surface area contributed by atoms with Gasteiger partial charge in [0.05, 0.1) is 25.4 Å². The first kappa shape index (κ1) is 23.2. The highest BCUT2D eigenvalue weighted by atomic mass is 16.6. The summed E-state index contributed by atoms with van der Waals surface area (Å²) < 4.78 is 10.1. The van der Waals surface area contributed by atoms with Crippen molar-refractivity contribution in [3.63, 3.8) is 0 Å². The van der Waals surface area contributed by atoms with Gasteiger partial charge in [0.1, 0.15) is 0 Å². The molecule has 4 rings (SSSR count). The predicted molar refractivity (Wildman–Crippen MR) is 115 cm³/mol. The second-order valence-electron chi connectivity index (χ2n) is 10.4. The zero-order valence-corrected chi connectivity index (χ0v) is 19.3. The molecule has 0 aromatic rings. The molecule has 0 heterocycles. The topological polar surface area (TPSA) is 110 Å². The summed E-state index contributed by atoms with van der Waals surface area (Å²) in [4.78, 5) is 37.4. The Kier molecular flexibility index (Phi) is 5.65. The number of aliphatic hydroxyl groups is 2. The summed E-state index contributed by atoms with van der Waals surface area (Å²) in [6, 6.07) is 0. The summed E-state index contributed by atoms with van der Waals surface area (Å²) in [5, 5.41) is 23.4. The molecule has 1 unspecified atom stereocenters. The smallest absolute Gasteiger partial charge is 0.323 e. The number of ether oxygens (including phenoxy) is 2. The van der Waals surface area contributed by atoms with E-state index in [1.54, 1.807) is 19.1 Å². The highest BCUT2D eigenvalue weighted by Crippen LogP contribution is 2.68. The van der Waals surface area contributed by atoms with E-state index in [-0.39, 0.29) is 43.0 Å². The monoisotopic (exact) mass is 446 g/mol. The Hall–Kier alpha value is -1.99. The molecule has 0 aromatic carbocycles. The Balaban J connectivity index is 1.73. The Morgan fingerprint density at radius 1 is 1.25 bits per heavy atom. The van der Waals surface area contributed by atoms with Crippen molar-refractivity contribution >= 4 is 17.7 Å². The van der Waals surface area contributed by atoms with Crippen LogP contribution in [0.3, 0.4) is 0 Å². The first-order valence-corrected chi connectivity index (χ1v) is 11.6. The third kappa shape index (κ3) is 3.04. The lowest BCUT2D eigenvalue weighted by molar-refractivity contribution is -0.204. The van der Waals surface area contributed by atoms with Crippen molar-refractivity contribution in [1.82, 2.24) is 0 Å². The maximum Gasteiger partial charge on any atom is 0.323 e. The minimum absolute atomic E-state index is 0.0170. The molecule has 32 heavy (non-hydrogen) atoms. The normalized spacial score (nSPS) is 43.4. The van der Waals surface area contributed by atoms with Crippen molar-refractivity contribution in [2.45, 2.75) is 64.6 Å². The van der Waals surface area contributed by atoms with Crippen LogP contribution in [0.15, 0.2) is 23.8 Å². The average Bonchev–Trinajstić information content (AvgIpc) is 2.99. The van der Waals surface area contributed by atoms with Crippen LogP contribution in [0.5, 0.6) is 0 Å². The lowest BCUT2D eigenvalue weighted by atomic mass is 9.45. The number of hydrogen-bond donors (Lipinski definition) is 2. The van der Waals surface area contributed by atoms with Crippen molar-refractivity contribution in [1.29, 1.82) is 0 Å². The predicted octanol–water partition coefficient (Wildman–Crippen LogP) is 2.35. The van der Waals surface area contributed by atoms with Crippen LogP contribution in [0.1, 0.15) is 52.9 Å². The SMILES string of the molecule is CCOC(=O)C(C(=O)OC)[C@@]1(O)CC[C@H]2[C@@H]3CCC4=CC(=O)C=C[C@]4(C)[C@H]3[C@@H](O)C[C@@]21C. The van der Waals surface area contributed by atoms with Crippen LogP contribution < -0.4 is 0 Å². The van der Waals surface area contributed by atoms with Crippen LogP contribution in [0.2, 0.25) is 0 Å². The number of fused-ring (bicyclic) bond motifs is 5. The maximum atomic E-state index is 12.8. The van der Waals surface area contributed by atoms with Gasteiger partial charge in [-0.25, -0.2) is 0 Å². The molecule has 4 aliphatic carbocycles. The summed E-state index contributed by atoms with van der Waals surface area (Å²) in [5.41, 5.74) is -1.88. The molecule has 0 saturated heterocycles. The van der Waals surface area contributed by atoms with E-state index in [4.69, 9.17) is 9.47 Å². The standard InChI is InChI=1S/C25H34O7/c1-5-32-22(29)20(21(28)31-4)25(30)11-9-17-16-7-6-14-12-15(26)8-10-23(14,2)19(16)18(27)13-24(17,25)3/h8,10,12,16-20,27,30H,5-7,9,11,13H2,1-4H3/t16-,17-,18-,19+,20?,23-,24-,25-/m0/s1. The maximum absolute atomic E-state index is 12.8. The van der Waals surface area contributed by atoms with Crippen molar-refractivity contribution in [2.75, 3.05) is 13.7 Å². The highest BCUT2D eigenvalue weighted by Gasteiger charge is 2.70. The van der Waals surface area contributed by atoms with E-state index in [1.807, 2.05) is 13.0 Å². The minimum Gasteiger partial charge on any atom is -0.468 e. The number of methoxy groups -OCH3 is 1. The molecule has 0 aliphatic heterocycles. The second-order valence-corrected chi connectivity index (χ2v) is 10.4. The van der Waals surface area contributed by atoms with E-state index in [0.29, 0.717) is 6.42 Å². The van der Waals surface area contributed by atoms with Crippen molar-refractivity contribution in [3.05, 3.63) is 23.8 Å². The van der Waals surface area contributed by atoms with E-state index in [0.717, 1.165) is 18.4 Å². The van der Waals surface area contributed by atoms with Crippen molar-refractivity contribution < 1.29 is 34.1 Å². The zero-order valence-electron chi connectivity index (χ0n) is 19.3. The van der Waals surface area contributed by atoms with E-state index < -0.39 is 40.4 Å². The Morgan fingerprint density at radius 2 is 1.97 bits per heavy atom. The summed E-state index contributed by atoms with van der Waals surface area (Å²) in [6.07, 6.45) is 7.19. The fraction of sp³-hybridized carbons (Fsp3) is 0.720. The van der Waals surface area contributed by atoms with Gasteiger partial charge in [0.25, 0.3) is 0 Å². The Bertz CT molecular complexity index is 891. The van der Waals surface area contributed by atoms with Crippen molar-refractivity contribution in [2.24, 2.45) is 34.5 Å². The van der Waals surface area contributed by atoms with Crippen molar-refractivity contribution in [3.8, 4) is 0 Å². The van der Waals surface area contributed by atoms with Gasteiger partial charge in [0.2, 0.25) is 0 Å². The largest absolute Gasteiger partial charge is 0.468 e. The van der Waals surface area contributed by atoms with Crippen LogP contribution >= 0.6 is 0 Å². The van der Waals surface area contributed by atoms with Crippen LogP contribution in [-0.4, -0.2) is 53.4 Å². The molecule has 3 saturated carbocycles. The third-order valence-electron chi connectivity index (χ3n) is 9.15. The fourth-order valence-corrected chi connectivity index (χ4v) is 7.67. The average molecular weight is 447 g/mol. The molecular formula is C25H34O7. The Labute approximate surface area is 188 Å². The first-order valence-electron chi connectivity index (χ1n) is 11.6. The van der Waals surface area contributed by atoms with Crippen LogP contribution in [0.4, 0.5) is 0 Å². The van der Waals surface area contributed by atoms with E-state index >= 15 is 0 Å². The quantitative estimate of drug-likeness (QED) is 0.504. The second kappa shape index (κ2) is 7.80. The molecule has 0 bridgehead atoms. The van der Waals surface area contributed by atoms with Gasteiger partial charge in [-0.15, -0.1) is 0 Å². The van der Waals surface area contributed by atoms with Gasteiger partial charge in [0, 0.05) is 16.7 Å². The molecule has 0 amide bonds. The third-order valence-corrected chi connectivity index (χ3v) is 9.15. The lowest BCUT2D eigenvalue weighted by Gasteiger charge is -2.60. The molecule has 0 aromatic heterocycles. The molecule has 8 atom stereocenters. The number of carbonyl (C=O) groups excluding carboxylic acids is 3. The number of ketones is 1. The van der Waals surface area contributed by atoms with Gasteiger partial charge in [-0.3, -0.25) is 14.4 Å². The van der Waals surface area contributed by atoms with Gasteiger partial charge in [-0.05, 0) is 63.0 Å². The molecule has 3 fully saturated rings.